The van der Waals surface area contributed by atoms with Crippen molar-refractivity contribution in [2.75, 3.05) is 7.05 Å². The number of rotatable bonds is 1. The number of likely N-dealkylation sites (N-methyl/N-ethyl adjacent to an activating group) is 1. The number of fused-ring (bicyclic) bond motifs is 1. The minimum Gasteiger partial charge on any atom is -0.444 e. The van der Waals surface area contributed by atoms with Gasteiger partial charge in [-0.15, -0.1) is 0 Å². The van der Waals surface area contributed by atoms with Gasteiger partial charge in [0.25, 0.3) is 0 Å². The molecule has 0 bridgehead atoms. The molecule has 20 heavy (non-hydrogen) atoms. The number of hydrogen-bond donors (Lipinski definition) is 1. The highest BCUT2D eigenvalue weighted by atomic mass is 16.6. The number of nitrogens with one attached hydrogen (secondary N) is 1. The van der Waals surface area contributed by atoms with E-state index in [1.165, 1.54) is 11.3 Å². The number of carbonyl (C=O) groups is 1. The molecule has 2 rings (SSSR count). The molecule has 0 spiro atoms. The van der Waals surface area contributed by atoms with Gasteiger partial charge in [0.05, 0.1) is 0 Å². The van der Waals surface area contributed by atoms with Gasteiger partial charge in [-0.05, 0) is 50.8 Å². The molecule has 1 heterocycles. The highest BCUT2D eigenvalue weighted by molar-refractivity contribution is 5.68. The van der Waals surface area contributed by atoms with Crippen LogP contribution in [0.2, 0.25) is 0 Å². The molecule has 0 radical (unpaired) electrons. The van der Waals surface area contributed by atoms with E-state index in [1.54, 1.807) is 4.90 Å². The number of hydrogen-bond acceptors (Lipinski definition) is 2. The molecule has 0 saturated carbocycles. The summed E-state index contributed by atoms with van der Waals surface area (Å²) in [6.45, 7) is 13.7. The third kappa shape index (κ3) is 2.89. The number of H-pyrrole nitrogens is 1. The minimum absolute atomic E-state index is 0.160. The fourth-order valence-corrected chi connectivity index (χ4v) is 2.62. The lowest BCUT2D eigenvalue weighted by Gasteiger charge is -2.33. The van der Waals surface area contributed by atoms with Crippen molar-refractivity contribution < 1.29 is 9.53 Å². The van der Waals surface area contributed by atoms with Gasteiger partial charge in [0.1, 0.15) is 5.60 Å². The van der Waals surface area contributed by atoms with Crippen molar-refractivity contribution in [2.24, 2.45) is 0 Å². The summed E-state index contributed by atoms with van der Waals surface area (Å²) in [5.74, 6) is 0. The van der Waals surface area contributed by atoms with E-state index >= 15 is 0 Å². The van der Waals surface area contributed by atoms with Gasteiger partial charge in [-0.2, -0.15) is 0 Å². The molecule has 4 heteroatoms. The number of ether oxygens (including phenoxy) is 1. The van der Waals surface area contributed by atoms with E-state index in [0.29, 0.717) is 0 Å². The predicted molar refractivity (Wildman–Crippen MR) is 80.9 cm³/mol. The van der Waals surface area contributed by atoms with Gasteiger partial charge in [0.2, 0.25) is 0 Å². The monoisotopic (exact) mass is 276 g/mol. The van der Waals surface area contributed by atoms with Crippen molar-refractivity contribution in [3.63, 3.8) is 0 Å². The molecule has 1 amide bonds. The molecule has 1 aromatic heterocycles. The van der Waals surface area contributed by atoms with Crippen LogP contribution in [0.15, 0.2) is 0 Å². The SMILES string of the molecule is C=c1[nH]c2c(c1=C)CC(N(C)C(=O)OC(C)(C)C)CC2. The molecule has 0 fully saturated rings. The Morgan fingerprint density at radius 2 is 2.05 bits per heavy atom. The quantitative estimate of drug-likeness (QED) is 0.846. The lowest BCUT2D eigenvalue weighted by molar-refractivity contribution is 0.0209. The third-order valence-electron chi connectivity index (χ3n) is 3.79. The van der Waals surface area contributed by atoms with E-state index in [4.69, 9.17) is 4.74 Å². The van der Waals surface area contributed by atoms with Gasteiger partial charge in [-0.3, -0.25) is 0 Å². The van der Waals surface area contributed by atoms with E-state index < -0.39 is 5.60 Å². The second-order valence-corrected chi connectivity index (χ2v) is 6.53. The Hall–Kier alpha value is -1.71. The summed E-state index contributed by atoms with van der Waals surface area (Å²) in [7, 11) is 1.81. The molecular weight excluding hydrogens is 252 g/mol. The van der Waals surface area contributed by atoms with Crippen molar-refractivity contribution in [2.45, 2.75) is 51.7 Å². The third-order valence-corrected chi connectivity index (χ3v) is 3.79. The summed E-state index contributed by atoms with van der Waals surface area (Å²) < 4.78 is 5.43. The van der Waals surface area contributed by atoms with Crippen LogP contribution in [-0.4, -0.2) is 34.7 Å². The molecule has 1 aromatic rings. The van der Waals surface area contributed by atoms with Gasteiger partial charge in [-0.25, -0.2) is 4.79 Å². The van der Waals surface area contributed by atoms with Crippen LogP contribution in [0.3, 0.4) is 0 Å². The van der Waals surface area contributed by atoms with Crippen molar-refractivity contribution in [1.29, 1.82) is 0 Å². The van der Waals surface area contributed by atoms with E-state index in [0.717, 1.165) is 29.8 Å². The molecule has 0 aromatic carbocycles. The predicted octanol–water partition coefficient (Wildman–Crippen LogP) is 1.56. The molecule has 1 aliphatic carbocycles. The summed E-state index contributed by atoms with van der Waals surface area (Å²) in [4.78, 5) is 17.1. The molecule has 4 nitrogen and oxygen atoms in total. The second-order valence-electron chi connectivity index (χ2n) is 6.53. The number of amides is 1. The molecule has 1 aliphatic rings. The Kier molecular flexibility index (Phi) is 3.67. The Labute approximate surface area is 120 Å². The molecule has 1 unspecified atom stereocenters. The zero-order valence-corrected chi connectivity index (χ0v) is 12.9. The van der Waals surface area contributed by atoms with Crippen LogP contribution < -0.4 is 10.6 Å². The smallest absolute Gasteiger partial charge is 0.410 e. The highest BCUT2D eigenvalue weighted by Gasteiger charge is 2.29. The zero-order valence-electron chi connectivity index (χ0n) is 12.9. The first-order valence-corrected chi connectivity index (χ1v) is 7.02. The summed E-state index contributed by atoms with van der Waals surface area (Å²) in [6, 6.07) is 0.160. The summed E-state index contributed by atoms with van der Waals surface area (Å²) in [5, 5.41) is 1.86. The zero-order chi connectivity index (χ0) is 15.1. The van der Waals surface area contributed by atoms with Crippen LogP contribution in [0.5, 0.6) is 0 Å². The molecule has 0 aliphatic heterocycles. The topological polar surface area (TPSA) is 45.3 Å². The lowest BCUT2D eigenvalue weighted by atomic mass is 9.92. The van der Waals surface area contributed by atoms with E-state index in [2.05, 4.69) is 18.1 Å². The van der Waals surface area contributed by atoms with Gasteiger partial charge < -0.3 is 14.6 Å². The normalized spacial score (nSPS) is 18.5. The van der Waals surface area contributed by atoms with Crippen LogP contribution in [0.1, 0.15) is 38.4 Å². The maximum Gasteiger partial charge on any atom is 0.410 e. The minimum atomic E-state index is -0.461. The Morgan fingerprint density at radius 1 is 1.40 bits per heavy atom. The van der Waals surface area contributed by atoms with Gasteiger partial charge in [0, 0.05) is 24.1 Å². The van der Waals surface area contributed by atoms with Gasteiger partial charge in [-0.1, -0.05) is 13.2 Å². The first-order chi connectivity index (χ1) is 9.19. The number of aromatic nitrogens is 1. The maximum atomic E-state index is 12.1. The number of aromatic amines is 1. The lowest BCUT2D eigenvalue weighted by Crippen LogP contribution is -2.44. The Morgan fingerprint density at radius 3 is 2.65 bits per heavy atom. The van der Waals surface area contributed by atoms with Crippen molar-refractivity contribution in [1.82, 2.24) is 9.88 Å². The number of carbonyl (C=O) groups excluding carboxylic acids is 1. The van der Waals surface area contributed by atoms with Crippen LogP contribution >= 0.6 is 0 Å². The maximum absolute atomic E-state index is 12.1. The summed E-state index contributed by atoms with van der Waals surface area (Å²) in [5.41, 5.74) is 1.97. The summed E-state index contributed by atoms with van der Waals surface area (Å²) in [6.07, 6.45) is 2.41. The molecule has 0 saturated heterocycles. The molecular formula is C16H24N2O2. The molecule has 1 atom stereocenters. The van der Waals surface area contributed by atoms with Gasteiger partial charge >= 0.3 is 6.09 Å². The highest BCUT2D eigenvalue weighted by Crippen LogP contribution is 2.21. The van der Waals surface area contributed by atoms with E-state index in [1.807, 2.05) is 27.8 Å². The van der Waals surface area contributed by atoms with Crippen molar-refractivity contribution in [3.05, 3.63) is 21.8 Å². The van der Waals surface area contributed by atoms with Crippen LogP contribution in [0.25, 0.3) is 13.2 Å². The van der Waals surface area contributed by atoms with Crippen LogP contribution in [-0.2, 0) is 17.6 Å². The molecule has 110 valence electrons. The Balaban J connectivity index is 2.12. The van der Waals surface area contributed by atoms with E-state index in [-0.39, 0.29) is 12.1 Å². The first kappa shape index (κ1) is 14.7. The standard InChI is InChI=1S/C16H24N2O2/c1-10-11(2)17-14-8-7-12(9-13(10)14)18(6)15(19)20-16(3,4)5/h12,17H,1-2,7-9H2,3-6H3. The number of aryl methyl sites for hydroxylation is 1. The van der Waals surface area contributed by atoms with Crippen LogP contribution in [0, 0.1) is 0 Å². The second kappa shape index (κ2) is 5.00. The number of nitrogens with zero attached hydrogens (tertiary/aromatic N) is 1. The molecule has 1 N–H and O–H groups in total. The average molecular weight is 276 g/mol. The van der Waals surface area contributed by atoms with Crippen LogP contribution in [0.4, 0.5) is 4.79 Å². The fourth-order valence-electron chi connectivity index (χ4n) is 2.62. The Bertz CT molecular complexity index is 610. The van der Waals surface area contributed by atoms with Crippen molar-refractivity contribution >= 4 is 19.3 Å². The largest absolute Gasteiger partial charge is 0.444 e. The first-order valence-electron chi connectivity index (χ1n) is 7.02. The van der Waals surface area contributed by atoms with E-state index in [9.17, 15) is 4.79 Å². The van der Waals surface area contributed by atoms with Crippen molar-refractivity contribution in [3.8, 4) is 0 Å². The van der Waals surface area contributed by atoms with Gasteiger partial charge in [0.15, 0.2) is 0 Å². The fraction of sp³-hybridized carbons (Fsp3) is 0.562. The summed E-state index contributed by atoms with van der Waals surface area (Å²) >= 11 is 0. The average Bonchev–Trinajstić information content (AvgIpc) is 2.62.